The Morgan fingerprint density at radius 2 is 2.00 bits per heavy atom. The molecular formula is C12H6Br2N2O. The van der Waals surface area contributed by atoms with Crippen LogP contribution < -0.4 is 4.74 Å². The molecule has 0 radical (unpaired) electrons. The first-order chi connectivity index (χ1) is 8.19. The molecule has 0 atom stereocenters. The van der Waals surface area contributed by atoms with Crippen molar-refractivity contribution >= 4 is 31.9 Å². The molecule has 0 saturated carbocycles. The molecule has 0 spiro atoms. The quantitative estimate of drug-likeness (QED) is 0.809. The largest absolute Gasteiger partial charge is 0.456 e. The van der Waals surface area contributed by atoms with Gasteiger partial charge in [0.1, 0.15) is 23.3 Å². The van der Waals surface area contributed by atoms with Crippen LogP contribution in [0.25, 0.3) is 0 Å². The maximum absolute atomic E-state index is 8.74. The lowest BCUT2D eigenvalue weighted by Gasteiger charge is -2.07. The van der Waals surface area contributed by atoms with Gasteiger partial charge in [-0.05, 0) is 40.2 Å². The number of hydrogen-bond acceptors (Lipinski definition) is 3. The van der Waals surface area contributed by atoms with Crippen LogP contribution in [0, 0.1) is 11.3 Å². The molecule has 2 aromatic rings. The smallest absolute Gasteiger partial charge is 0.144 e. The Labute approximate surface area is 115 Å². The SMILES string of the molecule is N#Cc1cc(Oc2ccc(Br)cc2Br)ccn1. The van der Waals surface area contributed by atoms with Crippen molar-refractivity contribution in [2.24, 2.45) is 0 Å². The Kier molecular flexibility index (Phi) is 3.77. The van der Waals surface area contributed by atoms with Crippen molar-refractivity contribution in [2.75, 3.05) is 0 Å². The predicted octanol–water partition coefficient (Wildman–Crippen LogP) is 4.27. The second kappa shape index (κ2) is 5.30. The van der Waals surface area contributed by atoms with Crippen molar-refractivity contribution in [3.05, 3.63) is 51.2 Å². The molecule has 0 N–H and O–H groups in total. The summed E-state index contributed by atoms with van der Waals surface area (Å²) in [5.41, 5.74) is 0.329. The van der Waals surface area contributed by atoms with Crippen LogP contribution in [0.15, 0.2) is 45.5 Å². The van der Waals surface area contributed by atoms with Crippen molar-refractivity contribution < 1.29 is 4.74 Å². The lowest BCUT2D eigenvalue weighted by Crippen LogP contribution is -1.88. The van der Waals surface area contributed by atoms with E-state index >= 15 is 0 Å². The summed E-state index contributed by atoms with van der Waals surface area (Å²) in [6.07, 6.45) is 1.54. The van der Waals surface area contributed by atoms with Crippen LogP contribution in [0.3, 0.4) is 0 Å². The highest BCUT2D eigenvalue weighted by atomic mass is 79.9. The van der Waals surface area contributed by atoms with Crippen molar-refractivity contribution in [1.82, 2.24) is 4.98 Å². The molecule has 0 fully saturated rings. The van der Waals surface area contributed by atoms with E-state index in [4.69, 9.17) is 10.00 Å². The van der Waals surface area contributed by atoms with Crippen molar-refractivity contribution in [2.45, 2.75) is 0 Å². The maximum atomic E-state index is 8.74. The van der Waals surface area contributed by atoms with Gasteiger partial charge in [-0.1, -0.05) is 15.9 Å². The second-order valence-corrected chi connectivity index (χ2v) is 4.94. The average Bonchev–Trinajstić information content (AvgIpc) is 2.33. The van der Waals surface area contributed by atoms with Gasteiger partial charge in [-0.2, -0.15) is 5.26 Å². The van der Waals surface area contributed by atoms with Crippen molar-refractivity contribution in [1.29, 1.82) is 5.26 Å². The van der Waals surface area contributed by atoms with Gasteiger partial charge in [-0.25, -0.2) is 4.98 Å². The van der Waals surface area contributed by atoms with E-state index in [1.165, 1.54) is 0 Å². The zero-order valence-electron chi connectivity index (χ0n) is 8.52. The van der Waals surface area contributed by atoms with E-state index in [0.717, 1.165) is 8.95 Å². The fraction of sp³-hybridized carbons (Fsp3) is 0. The first-order valence-electron chi connectivity index (χ1n) is 4.68. The number of aromatic nitrogens is 1. The molecule has 1 aromatic carbocycles. The number of benzene rings is 1. The third kappa shape index (κ3) is 3.05. The van der Waals surface area contributed by atoms with E-state index in [0.29, 0.717) is 17.2 Å². The Hall–Kier alpha value is -1.38. The second-order valence-electron chi connectivity index (χ2n) is 3.17. The minimum atomic E-state index is 0.329. The van der Waals surface area contributed by atoms with Gasteiger partial charge in [0, 0.05) is 16.7 Å². The van der Waals surface area contributed by atoms with Crippen molar-refractivity contribution in [3.63, 3.8) is 0 Å². The molecule has 0 aliphatic rings. The average molecular weight is 354 g/mol. The third-order valence-corrected chi connectivity index (χ3v) is 3.08. The summed E-state index contributed by atoms with van der Waals surface area (Å²) in [7, 11) is 0. The van der Waals surface area contributed by atoms with Gasteiger partial charge in [-0.15, -0.1) is 0 Å². The molecule has 84 valence electrons. The highest BCUT2D eigenvalue weighted by molar-refractivity contribution is 9.11. The fourth-order valence-corrected chi connectivity index (χ4v) is 2.35. The maximum Gasteiger partial charge on any atom is 0.144 e. The van der Waals surface area contributed by atoms with Crippen LogP contribution in [0.2, 0.25) is 0 Å². The van der Waals surface area contributed by atoms with Crippen LogP contribution in [0.5, 0.6) is 11.5 Å². The normalized spacial score (nSPS) is 9.71. The predicted molar refractivity (Wildman–Crippen MR) is 70.9 cm³/mol. The first kappa shape index (κ1) is 12.1. The molecule has 0 saturated heterocycles. The van der Waals surface area contributed by atoms with Gasteiger partial charge in [0.05, 0.1) is 4.47 Å². The van der Waals surface area contributed by atoms with Crippen LogP contribution >= 0.6 is 31.9 Å². The van der Waals surface area contributed by atoms with Crippen LogP contribution in [-0.4, -0.2) is 4.98 Å². The Morgan fingerprint density at radius 1 is 1.18 bits per heavy atom. The summed E-state index contributed by atoms with van der Waals surface area (Å²) in [4.78, 5) is 3.88. The van der Waals surface area contributed by atoms with E-state index in [2.05, 4.69) is 36.8 Å². The molecule has 0 aliphatic heterocycles. The summed E-state index contributed by atoms with van der Waals surface area (Å²) in [5, 5.41) is 8.74. The van der Waals surface area contributed by atoms with E-state index in [-0.39, 0.29) is 0 Å². The zero-order chi connectivity index (χ0) is 12.3. The Balaban J connectivity index is 2.28. The monoisotopic (exact) mass is 352 g/mol. The van der Waals surface area contributed by atoms with Gasteiger partial charge in [-0.3, -0.25) is 0 Å². The number of nitrogens with zero attached hydrogens (tertiary/aromatic N) is 2. The molecule has 0 bridgehead atoms. The molecular weight excluding hydrogens is 348 g/mol. The molecule has 5 heteroatoms. The number of halogens is 2. The van der Waals surface area contributed by atoms with Gasteiger partial charge >= 0.3 is 0 Å². The first-order valence-corrected chi connectivity index (χ1v) is 6.27. The number of ether oxygens (including phenoxy) is 1. The molecule has 3 nitrogen and oxygen atoms in total. The highest BCUT2D eigenvalue weighted by Gasteiger charge is 2.04. The van der Waals surface area contributed by atoms with Crippen molar-refractivity contribution in [3.8, 4) is 17.6 Å². The van der Waals surface area contributed by atoms with Gasteiger partial charge in [0.25, 0.3) is 0 Å². The Bertz CT molecular complexity index is 593. The summed E-state index contributed by atoms with van der Waals surface area (Å²) in [5.74, 6) is 1.27. The fourth-order valence-electron chi connectivity index (χ4n) is 1.22. The number of hydrogen-bond donors (Lipinski definition) is 0. The lowest BCUT2D eigenvalue weighted by atomic mass is 10.3. The standard InChI is InChI=1S/C12H6Br2N2O/c13-8-1-2-12(11(14)5-8)17-10-3-4-16-9(6-10)7-15/h1-6H. The Morgan fingerprint density at radius 3 is 2.71 bits per heavy atom. The van der Waals surface area contributed by atoms with E-state index in [9.17, 15) is 0 Å². The molecule has 0 amide bonds. The number of pyridine rings is 1. The summed E-state index contributed by atoms with van der Waals surface area (Å²) < 4.78 is 7.45. The lowest BCUT2D eigenvalue weighted by molar-refractivity contribution is 0.478. The molecule has 0 aliphatic carbocycles. The number of nitriles is 1. The van der Waals surface area contributed by atoms with E-state index in [1.807, 2.05) is 24.3 Å². The molecule has 1 heterocycles. The molecule has 2 rings (SSSR count). The molecule has 0 unspecified atom stereocenters. The highest BCUT2D eigenvalue weighted by Crippen LogP contribution is 2.31. The summed E-state index contributed by atoms with van der Waals surface area (Å²) in [6.45, 7) is 0. The minimum absolute atomic E-state index is 0.329. The number of rotatable bonds is 2. The van der Waals surface area contributed by atoms with Crippen LogP contribution in [0.4, 0.5) is 0 Å². The van der Waals surface area contributed by atoms with E-state index in [1.54, 1.807) is 18.3 Å². The zero-order valence-corrected chi connectivity index (χ0v) is 11.7. The van der Waals surface area contributed by atoms with Gasteiger partial charge in [0.15, 0.2) is 0 Å². The summed E-state index contributed by atoms with van der Waals surface area (Å²) in [6, 6.07) is 10.9. The molecule has 17 heavy (non-hydrogen) atoms. The third-order valence-electron chi connectivity index (χ3n) is 1.97. The van der Waals surface area contributed by atoms with Crippen LogP contribution in [-0.2, 0) is 0 Å². The topological polar surface area (TPSA) is 45.9 Å². The minimum Gasteiger partial charge on any atom is -0.456 e. The summed E-state index contributed by atoms with van der Waals surface area (Å²) >= 11 is 6.77. The molecule has 1 aromatic heterocycles. The van der Waals surface area contributed by atoms with E-state index < -0.39 is 0 Å². The van der Waals surface area contributed by atoms with Gasteiger partial charge in [0.2, 0.25) is 0 Å². The van der Waals surface area contributed by atoms with Crippen LogP contribution in [0.1, 0.15) is 5.69 Å². The van der Waals surface area contributed by atoms with Gasteiger partial charge < -0.3 is 4.74 Å².